The Morgan fingerprint density at radius 3 is 2.74 bits per heavy atom. The molecule has 0 saturated carbocycles. The van der Waals surface area contributed by atoms with E-state index in [0.29, 0.717) is 0 Å². The predicted octanol–water partition coefficient (Wildman–Crippen LogP) is 5.04. The number of rotatable bonds is 2. The number of pyridine rings is 1. The van der Waals surface area contributed by atoms with E-state index in [9.17, 15) is 0 Å². The molecule has 0 bridgehead atoms. The van der Waals surface area contributed by atoms with Gasteiger partial charge in [0.05, 0.1) is 11.2 Å². The zero-order chi connectivity index (χ0) is 15.8. The topological polar surface area (TPSA) is 22.1 Å². The fourth-order valence-corrected chi connectivity index (χ4v) is 3.14. The molecule has 0 spiro atoms. The quantitative estimate of drug-likeness (QED) is 0.661. The molecule has 2 heteroatoms. The molecule has 0 saturated heterocycles. The minimum atomic E-state index is 0.210. The number of hydrogen-bond donors (Lipinski definition) is 0. The lowest BCUT2D eigenvalue weighted by Gasteiger charge is -2.09. The molecule has 0 aliphatic carbocycles. The van der Waals surface area contributed by atoms with Crippen LogP contribution in [0.2, 0.25) is 0 Å². The number of hydrogen-bond acceptors (Lipinski definition) is 2. The summed E-state index contributed by atoms with van der Waals surface area (Å²) < 4.78 is 6.09. The van der Waals surface area contributed by atoms with Crippen LogP contribution in [0.1, 0.15) is 29.3 Å². The highest BCUT2D eigenvalue weighted by molar-refractivity contribution is 5.90. The first kappa shape index (κ1) is 14.0. The molecule has 23 heavy (non-hydrogen) atoms. The van der Waals surface area contributed by atoms with Crippen molar-refractivity contribution in [1.29, 1.82) is 0 Å². The molecule has 2 nitrogen and oxygen atoms in total. The second kappa shape index (κ2) is 5.54. The van der Waals surface area contributed by atoms with Gasteiger partial charge in [-0.3, -0.25) is 0 Å². The number of fused-ring (bicyclic) bond motifs is 3. The van der Waals surface area contributed by atoms with Gasteiger partial charge in [-0.15, -0.1) is 0 Å². The summed E-state index contributed by atoms with van der Waals surface area (Å²) in [6, 6.07) is 16.7. The third-order valence-corrected chi connectivity index (χ3v) is 4.26. The fraction of sp³-hybridized carbons (Fsp3) is 0.190. The van der Waals surface area contributed by atoms with Crippen LogP contribution in [0.3, 0.4) is 0 Å². The Balaban J connectivity index is 1.86. The molecule has 114 valence electrons. The van der Waals surface area contributed by atoms with Crippen molar-refractivity contribution in [3.63, 3.8) is 0 Å². The maximum absolute atomic E-state index is 6.09. The Morgan fingerprint density at radius 1 is 1.09 bits per heavy atom. The average molecular weight is 301 g/mol. The minimum Gasteiger partial charge on any atom is -0.489 e. The summed E-state index contributed by atoms with van der Waals surface area (Å²) >= 11 is 0. The van der Waals surface area contributed by atoms with Crippen molar-refractivity contribution in [2.75, 3.05) is 0 Å². The SMILES string of the molecule is Cc1ccc2nc(/C=C/c3ccccc3)c3c(c2c1)O[C@@H](C)C3. The highest BCUT2D eigenvalue weighted by Gasteiger charge is 2.25. The van der Waals surface area contributed by atoms with Crippen molar-refractivity contribution in [3.05, 3.63) is 70.9 Å². The Hall–Kier alpha value is -2.61. The number of nitrogens with zero attached hydrogens (tertiary/aromatic N) is 1. The maximum Gasteiger partial charge on any atom is 0.134 e. The summed E-state index contributed by atoms with van der Waals surface area (Å²) in [5.41, 5.74) is 5.65. The Bertz CT molecular complexity index is 897. The molecular formula is C21H19NO. The van der Waals surface area contributed by atoms with E-state index in [1.165, 1.54) is 16.7 Å². The minimum absolute atomic E-state index is 0.210. The highest BCUT2D eigenvalue weighted by atomic mass is 16.5. The standard InChI is InChI=1S/C21H19NO/c1-14-8-10-19-17(12-14)21-18(13-15(2)23-21)20(22-19)11-9-16-6-4-3-5-7-16/h3-12,15H,13H2,1-2H3/b11-9+/t15-/m0/s1. The van der Waals surface area contributed by atoms with Gasteiger partial charge in [0.2, 0.25) is 0 Å². The molecule has 0 radical (unpaired) electrons. The largest absolute Gasteiger partial charge is 0.489 e. The van der Waals surface area contributed by atoms with Gasteiger partial charge in [-0.25, -0.2) is 4.98 Å². The monoisotopic (exact) mass is 301 g/mol. The third kappa shape index (κ3) is 2.61. The van der Waals surface area contributed by atoms with Gasteiger partial charge in [-0.1, -0.05) is 48.0 Å². The summed E-state index contributed by atoms with van der Waals surface area (Å²) in [6.07, 6.45) is 5.35. The van der Waals surface area contributed by atoms with Gasteiger partial charge in [0.15, 0.2) is 0 Å². The Labute approximate surface area is 136 Å². The summed E-state index contributed by atoms with van der Waals surface area (Å²) in [5, 5.41) is 1.13. The average Bonchev–Trinajstić information content (AvgIpc) is 2.96. The van der Waals surface area contributed by atoms with Gasteiger partial charge in [-0.2, -0.15) is 0 Å². The number of ether oxygens (including phenoxy) is 1. The van der Waals surface area contributed by atoms with Gasteiger partial charge in [-0.05, 0) is 37.6 Å². The number of benzene rings is 2. The predicted molar refractivity (Wildman–Crippen MR) is 95.6 cm³/mol. The smallest absolute Gasteiger partial charge is 0.134 e. The summed E-state index contributed by atoms with van der Waals surface area (Å²) in [6.45, 7) is 4.22. The van der Waals surface area contributed by atoms with Crippen LogP contribution < -0.4 is 4.74 Å². The first-order chi connectivity index (χ1) is 11.2. The van der Waals surface area contributed by atoms with Crippen LogP contribution in [0.25, 0.3) is 23.1 Å². The molecule has 0 unspecified atom stereocenters. The third-order valence-electron chi connectivity index (χ3n) is 4.26. The van der Waals surface area contributed by atoms with E-state index in [2.05, 4.69) is 56.3 Å². The highest BCUT2D eigenvalue weighted by Crippen LogP contribution is 2.38. The first-order valence-corrected chi connectivity index (χ1v) is 8.04. The summed E-state index contributed by atoms with van der Waals surface area (Å²) in [7, 11) is 0. The second-order valence-corrected chi connectivity index (χ2v) is 6.20. The van der Waals surface area contributed by atoms with E-state index in [-0.39, 0.29) is 6.10 Å². The Morgan fingerprint density at radius 2 is 1.91 bits per heavy atom. The lowest BCUT2D eigenvalue weighted by molar-refractivity contribution is 0.257. The van der Waals surface area contributed by atoms with Gasteiger partial charge >= 0.3 is 0 Å². The van der Waals surface area contributed by atoms with Crippen molar-refractivity contribution >= 4 is 23.1 Å². The lowest BCUT2D eigenvalue weighted by Crippen LogP contribution is -2.05. The second-order valence-electron chi connectivity index (χ2n) is 6.20. The van der Waals surface area contributed by atoms with Crippen molar-refractivity contribution in [1.82, 2.24) is 4.98 Å². The number of aryl methyl sites for hydroxylation is 1. The molecule has 1 aliphatic heterocycles. The van der Waals surface area contributed by atoms with Crippen molar-refractivity contribution < 1.29 is 4.74 Å². The van der Waals surface area contributed by atoms with Crippen LogP contribution in [0.4, 0.5) is 0 Å². The zero-order valence-corrected chi connectivity index (χ0v) is 13.4. The first-order valence-electron chi connectivity index (χ1n) is 8.04. The summed E-state index contributed by atoms with van der Waals surface area (Å²) in [5.74, 6) is 1.01. The van der Waals surface area contributed by atoms with Crippen LogP contribution in [-0.4, -0.2) is 11.1 Å². The van der Waals surface area contributed by atoms with Gasteiger partial charge in [0, 0.05) is 17.4 Å². The fourth-order valence-electron chi connectivity index (χ4n) is 3.14. The molecule has 0 fully saturated rings. The molecule has 3 aromatic rings. The van der Waals surface area contributed by atoms with E-state index in [0.717, 1.165) is 28.8 Å². The summed E-state index contributed by atoms with van der Waals surface area (Å²) in [4.78, 5) is 4.87. The molecule has 1 aromatic heterocycles. The van der Waals surface area contributed by atoms with Crippen molar-refractivity contribution in [2.45, 2.75) is 26.4 Å². The van der Waals surface area contributed by atoms with Gasteiger partial charge in [0.25, 0.3) is 0 Å². The van der Waals surface area contributed by atoms with E-state index >= 15 is 0 Å². The lowest BCUT2D eigenvalue weighted by atomic mass is 10.0. The van der Waals surface area contributed by atoms with Crippen LogP contribution >= 0.6 is 0 Å². The van der Waals surface area contributed by atoms with E-state index in [1.807, 2.05) is 18.2 Å². The number of aromatic nitrogens is 1. The van der Waals surface area contributed by atoms with Gasteiger partial charge in [0.1, 0.15) is 11.9 Å². The van der Waals surface area contributed by atoms with E-state index < -0.39 is 0 Å². The van der Waals surface area contributed by atoms with Crippen LogP contribution in [-0.2, 0) is 6.42 Å². The van der Waals surface area contributed by atoms with E-state index in [1.54, 1.807) is 0 Å². The molecule has 2 heterocycles. The normalized spacial score (nSPS) is 16.7. The van der Waals surface area contributed by atoms with Crippen LogP contribution in [0.5, 0.6) is 5.75 Å². The van der Waals surface area contributed by atoms with Gasteiger partial charge < -0.3 is 4.74 Å². The molecular weight excluding hydrogens is 282 g/mol. The van der Waals surface area contributed by atoms with E-state index in [4.69, 9.17) is 9.72 Å². The molecule has 0 N–H and O–H groups in total. The van der Waals surface area contributed by atoms with Crippen LogP contribution in [0, 0.1) is 6.92 Å². The Kier molecular flexibility index (Phi) is 3.38. The zero-order valence-electron chi connectivity index (χ0n) is 13.4. The molecule has 1 aliphatic rings. The van der Waals surface area contributed by atoms with Crippen molar-refractivity contribution in [2.24, 2.45) is 0 Å². The molecule has 4 rings (SSSR count). The maximum atomic E-state index is 6.09. The van der Waals surface area contributed by atoms with Crippen LogP contribution in [0.15, 0.2) is 48.5 Å². The van der Waals surface area contributed by atoms with Crippen molar-refractivity contribution in [3.8, 4) is 5.75 Å². The molecule has 1 atom stereocenters. The molecule has 2 aromatic carbocycles. The molecule has 0 amide bonds.